The molecule has 3 heterocycles. The van der Waals surface area contributed by atoms with Gasteiger partial charge >= 0.3 is 0 Å². The van der Waals surface area contributed by atoms with Gasteiger partial charge in [0.2, 0.25) is 11.8 Å². The molecule has 29 heavy (non-hydrogen) atoms. The molecule has 6 heteroatoms. The molecule has 5 nitrogen and oxygen atoms in total. The molecule has 2 aliphatic rings. The van der Waals surface area contributed by atoms with E-state index in [9.17, 15) is 0 Å². The van der Waals surface area contributed by atoms with E-state index in [0.29, 0.717) is 36.4 Å². The molecule has 1 radical (unpaired) electrons. The third-order valence-corrected chi connectivity index (χ3v) is 4.86. The molecule has 0 amide bonds. The molecule has 3 aromatic rings. The summed E-state index contributed by atoms with van der Waals surface area (Å²) >= 11 is 0. The Morgan fingerprint density at radius 1 is 0.586 bits per heavy atom. The van der Waals surface area contributed by atoms with Gasteiger partial charge < -0.3 is 9.47 Å². The van der Waals surface area contributed by atoms with Gasteiger partial charge in [0.1, 0.15) is 36.7 Å². The van der Waals surface area contributed by atoms with Crippen LogP contribution in [0.15, 0.2) is 88.8 Å². The predicted octanol–water partition coefficient (Wildman–Crippen LogP) is 4.12. The van der Waals surface area contributed by atoms with Crippen LogP contribution in [0.3, 0.4) is 0 Å². The van der Waals surface area contributed by atoms with E-state index in [1.165, 1.54) is 0 Å². The zero-order chi connectivity index (χ0) is 18.8. The van der Waals surface area contributed by atoms with Crippen LogP contribution in [0.25, 0.3) is 0 Å². The topological polar surface area (TPSA) is 56.1 Å². The summed E-state index contributed by atoms with van der Waals surface area (Å²) in [6.45, 7) is 1.05. The van der Waals surface area contributed by atoms with E-state index in [1.807, 2.05) is 54.6 Å². The third-order valence-electron chi connectivity index (χ3n) is 4.86. The van der Waals surface area contributed by atoms with Crippen LogP contribution in [0.5, 0.6) is 0 Å². The minimum Gasteiger partial charge on any atom is -0.474 e. The minimum absolute atomic E-state index is 0. The van der Waals surface area contributed by atoms with Gasteiger partial charge in [-0.05, 0) is 23.3 Å². The molecule has 149 valence electrons. The average molecular weight is 433 g/mol. The zero-order valence-corrected chi connectivity index (χ0v) is 16.5. The molecule has 0 bridgehead atoms. The van der Waals surface area contributed by atoms with Crippen molar-refractivity contribution in [1.29, 1.82) is 0 Å². The number of rotatable bonds is 4. The summed E-state index contributed by atoms with van der Waals surface area (Å²) in [6, 6.07) is 26.1. The van der Waals surface area contributed by atoms with Crippen molar-refractivity contribution >= 4 is 11.8 Å². The van der Waals surface area contributed by atoms with Crippen molar-refractivity contribution in [2.75, 3.05) is 13.2 Å². The summed E-state index contributed by atoms with van der Waals surface area (Å²) in [4.78, 5) is 14.1. The van der Waals surface area contributed by atoms with Gasteiger partial charge in [0.05, 0.1) is 0 Å². The first-order valence-corrected chi connectivity index (χ1v) is 9.36. The normalized spacial score (nSPS) is 20.1. The van der Waals surface area contributed by atoms with Crippen molar-refractivity contribution in [2.24, 2.45) is 9.98 Å². The fraction of sp³-hybridized carbons (Fsp3) is 0.174. The van der Waals surface area contributed by atoms with Gasteiger partial charge in [0.25, 0.3) is 0 Å². The maximum Gasteiger partial charge on any atom is 0.236 e. The van der Waals surface area contributed by atoms with Crippen LogP contribution >= 0.6 is 0 Å². The second kappa shape index (κ2) is 8.60. The molecule has 0 saturated heterocycles. The van der Waals surface area contributed by atoms with Crippen LogP contribution in [-0.2, 0) is 26.5 Å². The fourth-order valence-corrected chi connectivity index (χ4v) is 3.39. The molecule has 2 aromatic carbocycles. The number of nitrogens with zero attached hydrogens (tertiary/aromatic N) is 3. The number of aromatic nitrogens is 1. The Morgan fingerprint density at radius 2 is 1.03 bits per heavy atom. The van der Waals surface area contributed by atoms with Gasteiger partial charge in [0, 0.05) is 17.1 Å². The summed E-state index contributed by atoms with van der Waals surface area (Å²) in [5, 5.41) is 0. The first-order valence-electron chi connectivity index (χ1n) is 9.36. The number of benzene rings is 2. The van der Waals surface area contributed by atoms with Gasteiger partial charge in [-0.3, -0.25) is 0 Å². The van der Waals surface area contributed by atoms with Crippen LogP contribution < -0.4 is 0 Å². The van der Waals surface area contributed by atoms with Crippen molar-refractivity contribution < 1.29 is 26.5 Å². The Morgan fingerprint density at radius 3 is 1.48 bits per heavy atom. The molecule has 0 saturated carbocycles. The zero-order valence-electron chi connectivity index (χ0n) is 15.5. The predicted molar refractivity (Wildman–Crippen MR) is 108 cm³/mol. The molecule has 5 rings (SSSR count). The average Bonchev–Trinajstić information content (AvgIpc) is 3.46. The van der Waals surface area contributed by atoms with Gasteiger partial charge in [-0.2, -0.15) is 0 Å². The second-order valence-electron chi connectivity index (χ2n) is 6.75. The number of ether oxygens (including phenoxy) is 2. The number of hydrogen-bond acceptors (Lipinski definition) is 5. The quantitative estimate of drug-likeness (QED) is 0.583. The third kappa shape index (κ3) is 4.09. The molecular formula is C23H19CuN3O2. The van der Waals surface area contributed by atoms with Crippen molar-refractivity contribution in [2.45, 2.75) is 12.1 Å². The summed E-state index contributed by atoms with van der Waals surface area (Å²) in [6.07, 6.45) is 0. The molecule has 1 aromatic heterocycles. The number of pyridine rings is 1. The Hall–Kier alpha value is -2.95. The van der Waals surface area contributed by atoms with E-state index in [1.54, 1.807) is 0 Å². The summed E-state index contributed by atoms with van der Waals surface area (Å²) < 4.78 is 11.6. The summed E-state index contributed by atoms with van der Waals surface area (Å²) in [5.41, 5.74) is 3.68. The molecule has 2 aliphatic heterocycles. The monoisotopic (exact) mass is 432 g/mol. The van der Waals surface area contributed by atoms with Gasteiger partial charge in [0.15, 0.2) is 0 Å². The Kier molecular flexibility index (Phi) is 5.74. The van der Waals surface area contributed by atoms with Crippen LogP contribution in [-0.4, -0.2) is 30.0 Å². The van der Waals surface area contributed by atoms with Gasteiger partial charge in [-0.1, -0.05) is 66.7 Å². The Bertz CT molecular complexity index is 958. The van der Waals surface area contributed by atoms with Crippen LogP contribution in [0, 0.1) is 0 Å². The van der Waals surface area contributed by atoms with Crippen molar-refractivity contribution in [3.8, 4) is 0 Å². The van der Waals surface area contributed by atoms with Crippen LogP contribution in [0.4, 0.5) is 0 Å². The Labute approximate surface area is 180 Å². The fourth-order valence-electron chi connectivity index (χ4n) is 3.39. The maximum absolute atomic E-state index is 5.82. The van der Waals surface area contributed by atoms with Crippen molar-refractivity contribution in [3.63, 3.8) is 0 Å². The summed E-state index contributed by atoms with van der Waals surface area (Å²) in [7, 11) is 0. The van der Waals surface area contributed by atoms with Crippen LogP contribution in [0.1, 0.15) is 34.6 Å². The molecule has 0 fully saturated rings. The van der Waals surface area contributed by atoms with Gasteiger partial charge in [-0.25, -0.2) is 15.0 Å². The van der Waals surface area contributed by atoms with E-state index in [4.69, 9.17) is 19.5 Å². The van der Waals surface area contributed by atoms with Crippen molar-refractivity contribution in [1.82, 2.24) is 4.98 Å². The van der Waals surface area contributed by atoms with Crippen LogP contribution in [0.2, 0.25) is 0 Å². The standard InChI is InChI=1S/C23H19N3O2.Cu/c1-3-8-16(9-4-1)20-14-27-22(25-20)18-12-7-13-19(24-18)23-26-21(15-28-23)17-10-5-2-6-11-17;/h1-13,20-21H,14-15H2;/t20-,21-;/m1./s1. The molecule has 2 atom stereocenters. The summed E-state index contributed by atoms with van der Waals surface area (Å²) in [5.74, 6) is 1.13. The minimum atomic E-state index is 0. The molecule has 0 spiro atoms. The molecule has 0 N–H and O–H groups in total. The first kappa shape index (κ1) is 19.4. The number of hydrogen-bond donors (Lipinski definition) is 0. The van der Waals surface area contributed by atoms with E-state index in [0.717, 1.165) is 11.1 Å². The maximum atomic E-state index is 5.82. The largest absolute Gasteiger partial charge is 0.474 e. The van der Waals surface area contributed by atoms with E-state index < -0.39 is 0 Å². The molecular weight excluding hydrogens is 414 g/mol. The van der Waals surface area contributed by atoms with E-state index >= 15 is 0 Å². The van der Waals surface area contributed by atoms with Crippen molar-refractivity contribution in [3.05, 3.63) is 101 Å². The first-order chi connectivity index (χ1) is 13.9. The number of aliphatic imine (C=N–C) groups is 2. The smallest absolute Gasteiger partial charge is 0.236 e. The SMILES string of the molecule is [Cu].c1ccc([C@H]2COC(c3cccc(C4=N[C@@H](c5ccccc5)CO4)n3)=N2)cc1. The van der Waals surface area contributed by atoms with E-state index in [-0.39, 0.29) is 29.2 Å². The second-order valence-corrected chi connectivity index (χ2v) is 6.75. The van der Waals surface area contributed by atoms with Gasteiger partial charge in [-0.15, -0.1) is 0 Å². The molecule has 0 aliphatic carbocycles. The van der Waals surface area contributed by atoms with E-state index in [2.05, 4.69) is 29.2 Å². The Balaban J connectivity index is 0.00000205. The molecule has 0 unspecified atom stereocenters.